The van der Waals surface area contributed by atoms with Crippen molar-refractivity contribution in [3.63, 3.8) is 0 Å². The van der Waals surface area contributed by atoms with E-state index in [1.165, 1.54) is 11.1 Å². The van der Waals surface area contributed by atoms with Crippen LogP contribution in [-0.4, -0.2) is 23.9 Å². The molecular formula is C20H24N2O. The first-order chi connectivity index (χ1) is 11.2. The quantitative estimate of drug-likeness (QED) is 0.899. The number of rotatable bonds is 5. The lowest BCUT2D eigenvalue weighted by atomic mass is 10.0. The van der Waals surface area contributed by atoms with Crippen molar-refractivity contribution in [2.75, 3.05) is 18.4 Å². The standard InChI is InChI=1S/C20H24N2O/c1-16-9-11-18(12-10-16)21-14-13-20(23)22-15-5-8-19(22)17-6-3-2-4-7-17/h2-4,6-7,9-12,19,21H,5,8,13-15H2,1H3. The van der Waals surface area contributed by atoms with Crippen LogP contribution in [0, 0.1) is 6.92 Å². The van der Waals surface area contributed by atoms with Crippen molar-refractivity contribution >= 4 is 11.6 Å². The van der Waals surface area contributed by atoms with Crippen LogP contribution >= 0.6 is 0 Å². The number of anilines is 1. The van der Waals surface area contributed by atoms with Crippen molar-refractivity contribution in [3.05, 3.63) is 65.7 Å². The van der Waals surface area contributed by atoms with E-state index in [-0.39, 0.29) is 11.9 Å². The lowest BCUT2D eigenvalue weighted by Crippen LogP contribution is -2.31. The fourth-order valence-electron chi connectivity index (χ4n) is 3.22. The molecule has 0 aliphatic carbocycles. The number of hydrogen-bond donors (Lipinski definition) is 1. The Bertz CT molecular complexity index is 636. The van der Waals surface area contributed by atoms with Gasteiger partial charge in [0.15, 0.2) is 0 Å². The third kappa shape index (κ3) is 3.92. The van der Waals surface area contributed by atoms with Gasteiger partial charge in [-0.2, -0.15) is 0 Å². The predicted octanol–water partition coefficient (Wildman–Crippen LogP) is 4.16. The molecule has 3 heteroatoms. The van der Waals surface area contributed by atoms with E-state index in [0.29, 0.717) is 13.0 Å². The maximum absolute atomic E-state index is 12.6. The second-order valence-corrected chi connectivity index (χ2v) is 6.20. The van der Waals surface area contributed by atoms with E-state index in [9.17, 15) is 4.79 Å². The molecule has 0 saturated carbocycles. The van der Waals surface area contributed by atoms with Crippen LogP contribution in [0.3, 0.4) is 0 Å². The molecule has 23 heavy (non-hydrogen) atoms. The summed E-state index contributed by atoms with van der Waals surface area (Å²) >= 11 is 0. The molecule has 1 N–H and O–H groups in total. The van der Waals surface area contributed by atoms with Crippen LogP contribution in [0.15, 0.2) is 54.6 Å². The van der Waals surface area contributed by atoms with E-state index in [0.717, 1.165) is 25.1 Å². The van der Waals surface area contributed by atoms with Crippen molar-refractivity contribution in [2.24, 2.45) is 0 Å². The van der Waals surface area contributed by atoms with Gasteiger partial charge in [0, 0.05) is 25.2 Å². The first kappa shape index (κ1) is 15.6. The SMILES string of the molecule is Cc1ccc(NCCC(=O)N2CCCC2c2ccccc2)cc1. The lowest BCUT2D eigenvalue weighted by Gasteiger charge is -2.25. The van der Waals surface area contributed by atoms with Crippen molar-refractivity contribution in [1.29, 1.82) is 0 Å². The van der Waals surface area contributed by atoms with Gasteiger partial charge in [0.05, 0.1) is 6.04 Å². The molecule has 3 nitrogen and oxygen atoms in total. The lowest BCUT2D eigenvalue weighted by molar-refractivity contribution is -0.131. The van der Waals surface area contributed by atoms with E-state index < -0.39 is 0 Å². The minimum absolute atomic E-state index is 0.246. The molecule has 3 rings (SSSR count). The number of amides is 1. The van der Waals surface area contributed by atoms with Crippen LogP contribution in [0.5, 0.6) is 0 Å². The van der Waals surface area contributed by atoms with Gasteiger partial charge in [0.25, 0.3) is 0 Å². The Morgan fingerprint density at radius 2 is 1.87 bits per heavy atom. The monoisotopic (exact) mass is 308 g/mol. The highest BCUT2D eigenvalue weighted by molar-refractivity contribution is 5.77. The summed E-state index contributed by atoms with van der Waals surface area (Å²) in [7, 11) is 0. The molecule has 1 amide bonds. The van der Waals surface area contributed by atoms with Gasteiger partial charge in [-0.05, 0) is 37.5 Å². The van der Waals surface area contributed by atoms with E-state index in [4.69, 9.17) is 0 Å². The average molecular weight is 308 g/mol. The van der Waals surface area contributed by atoms with Crippen LogP contribution in [0.4, 0.5) is 5.69 Å². The molecule has 0 bridgehead atoms. The van der Waals surface area contributed by atoms with Crippen LogP contribution in [-0.2, 0) is 4.79 Å². The second-order valence-electron chi connectivity index (χ2n) is 6.20. The minimum Gasteiger partial charge on any atom is -0.385 e. The minimum atomic E-state index is 0.246. The maximum Gasteiger partial charge on any atom is 0.224 e. The smallest absolute Gasteiger partial charge is 0.224 e. The molecule has 1 fully saturated rings. The van der Waals surface area contributed by atoms with Gasteiger partial charge < -0.3 is 10.2 Å². The van der Waals surface area contributed by atoms with Gasteiger partial charge in [0.1, 0.15) is 0 Å². The van der Waals surface area contributed by atoms with E-state index in [1.54, 1.807) is 0 Å². The van der Waals surface area contributed by atoms with Crippen LogP contribution < -0.4 is 5.32 Å². The molecule has 1 heterocycles. The van der Waals surface area contributed by atoms with E-state index in [2.05, 4.69) is 60.8 Å². The fourth-order valence-corrected chi connectivity index (χ4v) is 3.22. The van der Waals surface area contributed by atoms with Gasteiger partial charge in [-0.3, -0.25) is 4.79 Å². The molecule has 0 aromatic heterocycles. The highest BCUT2D eigenvalue weighted by atomic mass is 16.2. The molecule has 2 aromatic carbocycles. The normalized spacial score (nSPS) is 17.3. The zero-order chi connectivity index (χ0) is 16.1. The fraction of sp³-hybridized carbons (Fsp3) is 0.350. The predicted molar refractivity (Wildman–Crippen MR) is 94.4 cm³/mol. The van der Waals surface area contributed by atoms with Crippen molar-refractivity contribution in [2.45, 2.75) is 32.2 Å². The highest BCUT2D eigenvalue weighted by Gasteiger charge is 2.29. The largest absolute Gasteiger partial charge is 0.385 e. The summed E-state index contributed by atoms with van der Waals surface area (Å²) in [6, 6.07) is 18.9. The summed E-state index contributed by atoms with van der Waals surface area (Å²) < 4.78 is 0. The van der Waals surface area contributed by atoms with Gasteiger partial charge in [0.2, 0.25) is 5.91 Å². The van der Waals surface area contributed by atoms with Gasteiger partial charge in [-0.15, -0.1) is 0 Å². The van der Waals surface area contributed by atoms with Gasteiger partial charge in [-0.1, -0.05) is 48.0 Å². The summed E-state index contributed by atoms with van der Waals surface area (Å²) in [5, 5.41) is 3.33. The van der Waals surface area contributed by atoms with Gasteiger partial charge >= 0.3 is 0 Å². The topological polar surface area (TPSA) is 32.3 Å². The molecule has 1 atom stereocenters. The zero-order valence-corrected chi connectivity index (χ0v) is 13.7. The molecule has 0 radical (unpaired) electrons. The Labute approximate surface area is 138 Å². The van der Waals surface area contributed by atoms with Crippen molar-refractivity contribution in [3.8, 4) is 0 Å². The first-order valence-electron chi connectivity index (χ1n) is 8.39. The van der Waals surface area contributed by atoms with Crippen LogP contribution in [0.25, 0.3) is 0 Å². The summed E-state index contributed by atoms with van der Waals surface area (Å²) in [4.78, 5) is 14.6. The summed E-state index contributed by atoms with van der Waals surface area (Å²) in [5.74, 6) is 0.246. The number of carbonyl (C=O) groups excluding carboxylic acids is 1. The third-order valence-electron chi connectivity index (χ3n) is 4.48. The Hall–Kier alpha value is -2.29. The number of nitrogens with zero attached hydrogens (tertiary/aromatic N) is 1. The molecular weight excluding hydrogens is 284 g/mol. The number of aryl methyl sites for hydroxylation is 1. The molecule has 1 aliphatic rings. The number of nitrogens with one attached hydrogen (secondary N) is 1. The molecule has 120 valence electrons. The van der Waals surface area contributed by atoms with Crippen molar-refractivity contribution < 1.29 is 4.79 Å². The zero-order valence-electron chi connectivity index (χ0n) is 13.7. The Morgan fingerprint density at radius 1 is 1.13 bits per heavy atom. The number of carbonyl (C=O) groups is 1. The van der Waals surface area contributed by atoms with Crippen LogP contribution in [0.2, 0.25) is 0 Å². The Morgan fingerprint density at radius 3 is 2.61 bits per heavy atom. The molecule has 1 unspecified atom stereocenters. The number of likely N-dealkylation sites (tertiary alicyclic amines) is 1. The Kier molecular flexibility index (Phi) is 4.96. The van der Waals surface area contributed by atoms with E-state index in [1.807, 2.05) is 11.0 Å². The average Bonchev–Trinajstić information content (AvgIpc) is 3.07. The number of benzene rings is 2. The molecule has 1 saturated heterocycles. The van der Waals surface area contributed by atoms with Crippen molar-refractivity contribution in [1.82, 2.24) is 4.90 Å². The summed E-state index contributed by atoms with van der Waals surface area (Å²) in [6.07, 6.45) is 2.70. The first-order valence-corrected chi connectivity index (χ1v) is 8.39. The number of hydrogen-bond acceptors (Lipinski definition) is 2. The second kappa shape index (κ2) is 7.32. The van der Waals surface area contributed by atoms with Crippen LogP contribution in [0.1, 0.15) is 36.4 Å². The molecule has 1 aliphatic heterocycles. The third-order valence-corrected chi connectivity index (χ3v) is 4.48. The van der Waals surface area contributed by atoms with Gasteiger partial charge in [-0.25, -0.2) is 0 Å². The Balaban J connectivity index is 1.54. The summed E-state index contributed by atoms with van der Waals surface area (Å²) in [5.41, 5.74) is 3.57. The van der Waals surface area contributed by atoms with E-state index >= 15 is 0 Å². The highest BCUT2D eigenvalue weighted by Crippen LogP contribution is 2.32. The molecule has 0 spiro atoms. The maximum atomic E-state index is 12.6. The molecule has 2 aromatic rings. The summed E-state index contributed by atoms with van der Waals surface area (Å²) in [6.45, 7) is 3.63.